The maximum Gasteiger partial charge on any atom is 0.271 e. The number of nitrogens with zero attached hydrogens (tertiary/aromatic N) is 3. The highest BCUT2D eigenvalue weighted by Gasteiger charge is 2.16. The Labute approximate surface area is 215 Å². The highest BCUT2D eigenvalue weighted by molar-refractivity contribution is 6.34. The van der Waals surface area contributed by atoms with Gasteiger partial charge in [-0.05, 0) is 54.5 Å². The number of ether oxygens (including phenoxy) is 2. The lowest BCUT2D eigenvalue weighted by Crippen LogP contribution is -2.14. The summed E-state index contributed by atoms with van der Waals surface area (Å²) in [7, 11) is 0. The number of nitro benzene ring substituents is 2. The first kappa shape index (κ1) is 26.7. The Hall–Kier alpha value is -4.95. The van der Waals surface area contributed by atoms with Crippen LogP contribution in [-0.4, -0.2) is 22.4 Å². The summed E-state index contributed by atoms with van der Waals surface area (Å²) in [5, 5.41) is 33.8. The number of anilines is 1. The normalized spacial score (nSPS) is 10.8. The second kappa shape index (κ2) is 12.1. The summed E-state index contributed by atoms with van der Waals surface area (Å²) < 4.78 is 11.4. The third-order valence-electron chi connectivity index (χ3n) is 4.89. The molecule has 0 aliphatic carbocycles. The van der Waals surface area contributed by atoms with Gasteiger partial charge in [0.05, 0.1) is 27.2 Å². The van der Waals surface area contributed by atoms with Crippen LogP contribution in [0.2, 0.25) is 5.02 Å². The molecule has 188 valence electrons. The van der Waals surface area contributed by atoms with Gasteiger partial charge in [-0.1, -0.05) is 17.7 Å². The van der Waals surface area contributed by atoms with Crippen molar-refractivity contribution in [1.82, 2.24) is 0 Å². The Morgan fingerprint density at radius 2 is 1.68 bits per heavy atom. The van der Waals surface area contributed by atoms with Gasteiger partial charge >= 0.3 is 0 Å². The molecule has 3 aromatic carbocycles. The fourth-order valence-corrected chi connectivity index (χ4v) is 3.27. The zero-order valence-corrected chi connectivity index (χ0v) is 20.1. The van der Waals surface area contributed by atoms with Gasteiger partial charge in [-0.2, -0.15) is 5.26 Å². The van der Waals surface area contributed by atoms with Crippen molar-refractivity contribution in [3.63, 3.8) is 0 Å². The molecule has 0 aliphatic rings. The molecule has 11 nitrogen and oxygen atoms in total. The molecule has 12 heteroatoms. The molecule has 0 radical (unpaired) electrons. The molecule has 0 unspecified atom stereocenters. The van der Waals surface area contributed by atoms with E-state index in [4.69, 9.17) is 21.1 Å². The Morgan fingerprint density at radius 3 is 2.30 bits per heavy atom. The molecular formula is C25H19ClN4O7. The Kier molecular flexibility index (Phi) is 8.75. The second-order valence-corrected chi connectivity index (χ2v) is 7.80. The van der Waals surface area contributed by atoms with Crippen LogP contribution in [0.3, 0.4) is 0 Å². The molecule has 0 aliphatic heterocycles. The van der Waals surface area contributed by atoms with Crippen molar-refractivity contribution >= 4 is 40.6 Å². The van der Waals surface area contributed by atoms with E-state index in [2.05, 4.69) is 5.32 Å². The fourth-order valence-electron chi connectivity index (χ4n) is 3.10. The number of carbonyl (C=O) groups is 1. The topological polar surface area (TPSA) is 158 Å². The van der Waals surface area contributed by atoms with E-state index in [1.54, 1.807) is 43.3 Å². The van der Waals surface area contributed by atoms with Crippen LogP contribution in [0, 0.1) is 31.6 Å². The van der Waals surface area contributed by atoms with Crippen molar-refractivity contribution < 1.29 is 24.1 Å². The number of non-ortho nitro benzene ring substituents is 2. The Morgan fingerprint density at radius 1 is 1.00 bits per heavy atom. The fraction of sp³-hybridized carbons (Fsp3) is 0.120. The summed E-state index contributed by atoms with van der Waals surface area (Å²) >= 11 is 6.02. The van der Waals surface area contributed by atoms with Gasteiger partial charge < -0.3 is 14.8 Å². The molecule has 3 aromatic rings. The van der Waals surface area contributed by atoms with E-state index < -0.39 is 15.8 Å². The molecule has 37 heavy (non-hydrogen) atoms. The van der Waals surface area contributed by atoms with Crippen LogP contribution < -0.4 is 14.8 Å². The molecule has 0 spiro atoms. The first-order valence-corrected chi connectivity index (χ1v) is 11.1. The number of nitriles is 1. The number of nitrogens with one attached hydrogen (secondary N) is 1. The first-order chi connectivity index (χ1) is 17.7. The lowest BCUT2D eigenvalue weighted by Gasteiger charge is -2.13. The summed E-state index contributed by atoms with van der Waals surface area (Å²) in [5.41, 5.74) is 0.590. The van der Waals surface area contributed by atoms with Gasteiger partial charge in [0.15, 0.2) is 11.5 Å². The van der Waals surface area contributed by atoms with E-state index in [0.717, 1.165) is 6.07 Å². The van der Waals surface area contributed by atoms with Gasteiger partial charge in [0.1, 0.15) is 18.2 Å². The van der Waals surface area contributed by atoms with E-state index in [-0.39, 0.29) is 34.3 Å². The van der Waals surface area contributed by atoms with Crippen LogP contribution in [0.25, 0.3) is 6.08 Å². The smallest absolute Gasteiger partial charge is 0.271 e. The third-order valence-corrected chi connectivity index (χ3v) is 5.22. The summed E-state index contributed by atoms with van der Waals surface area (Å²) in [6, 6.07) is 16.1. The highest BCUT2D eigenvalue weighted by Crippen LogP contribution is 2.31. The maximum atomic E-state index is 12.7. The monoisotopic (exact) mass is 522 g/mol. The van der Waals surface area contributed by atoms with Crippen LogP contribution in [0.1, 0.15) is 18.1 Å². The number of hydrogen-bond donors (Lipinski definition) is 1. The number of halogens is 1. The number of hydrogen-bond acceptors (Lipinski definition) is 8. The molecule has 0 atom stereocenters. The van der Waals surface area contributed by atoms with Crippen molar-refractivity contribution in [2.24, 2.45) is 0 Å². The minimum Gasteiger partial charge on any atom is -0.490 e. The van der Waals surface area contributed by atoms with Gasteiger partial charge in [-0.15, -0.1) is 0 Å². The van der Waals surface area contributed by atoms with Crippen LogP contribution in [0.15, 0.2) is 66.2 Å². The van der Waals surface area contributed by atoms with Crippen LogP contribution in [0.4, 0.5) is 17.1 Å². The lowest BCUT2D eigenvalue weighted by molar-refractivity contribution is -0.385. The molecule has 0 bridgehead atoms. The second-order valence-electron chi connectivity index (χ2n) is 7.40. The maximum absolute atomic E-state index is 12.7. The molecule has 3 rings (SSSR count). The van der Waals surface area contributed by atoms with E-state index in [9.17, 15) is 30.3 Å². The number of amides is 1. The number of carbonyl (C=O) groups excluding carboxylic acids is 1. The zero-order chi connectivity index (χ0) is 26.9. The van der Waals surface area contributed by atoms with Crippen molar-refractivity contribution in [3.05, 3.63) is 103 Å². The summed E-state index contributed by atoms with van der Waals surface area (Å²) in [6.07, 6.45) is 1.32. The lowest BCUT2D eigenvalue weighted by atomic mass is 10.1. The Balaban J connectivity index is 1.79. The van der Waals surface area contributed by atoms with Crippen LogP contribution in [0.5, 0.6) is 11.5 Å². The van der Waals surface area contributed by atoms with Gasteiger partial charge in [0.25, 0.3) is 17.3 Å². The highest BCUT2D eigenvalue weighted by atomic mass is 35.5. The standard InChI is InChI=1S/C25H19ClN4O7/c1-2-36-24-12-17(5-10-23(24)37-15-16-3-6-19(7-4-16)29(32)33)11-18(14-27)25(31)28-22-13-20(30(34)35)8-9-21(22)26/h3-13H,2,15H2,1H3,(H,28,31)/b18-11+. The number of benzene rings is 3. The molecule has 1 amide bonds. The van der Waals surface area contributed by atoms with E-state index in [0.29, 0.717) is 29.2 Å². The quantitative estimate of drug-likeness (QED) is 0.154. The molecule has 1 N–H and O–H groups in total. The SMILES string of the molecule is CCOc1cc(/C=C(\C#N)C(=O)Nc2cc([N+](=O)[O-])ccc2Cl)ccc1OCc1ccc([N+](=O)[O-])cc1. The summed E-state index contributed by atoms with van der Waals surface area (Å²) in [5.74, 6) is -0.0531. The third kappa shape index (κ3) is 7.03. The predicted octanol–water partition coefficient (Wildman–Crippen LogP) is 5.68. The van der Waals surface area contributed by atoms with Gasteiger partial charge in [0.2, 0.25) is 0 Å². The number of nitro groups is 2. The predicted molar refractivity (Wildman–Crippen MR) is 135 cm³/mol. The van der Waals surface area contributed by atoms with E-state index in [1.807, 2.05) is 0 Å². The van der Waals surface area contributed by atoms with Crippen molar-refractivity contribution in [3.8, 4) is 17.6 Å². The zero-order valence-electron chi connectivity index (χ0n) is 19.3. The first-order valence-electron chi connectivity index (χ1n) is 10.7. The minimum atomic E-state index is -0.804. The average Bonchev–Trinajstić information content (AvgIpc) is 2.88. The largest absolute Gasteiger partial charge is 0.490 e. The summed E-state index contributed by atoms with van der Waals surface area (Å²) in [4.78, 5) is 33.3. The summed E-state index contributed by atoms with van der Waals surface area (Å²) in [6.45, 7) is 2.22. The molecule has 0 saturated heterocycles. The van der Waals surface area contributed by atoms with Crippen molar-refractivity contribution in [2.75, 3.05) is 11.9 Å². The van der Waals surface area contributed by atoms with Crippen molar-refractivity contribution in [2.45, 2.75) is 13.5 Å². The van der Waals surface area contributed by atoms with Gasteiger partial charge in [-0.25, -0.2) is 0 Å². The van der Waals surface area contributed by atoms with E-state index >= 15 is 0 Å². The van der Waals surface area contributed by atoms with Crippen molar-refractivity contribution in [1.29, 1.82) is 5.26 Å². The van der Waals surface area contributed by atoms with Crippen LogP contribution in [-0.2, 0) is 11.4 Å². The average molecular weight is 523 g/mol. The minimum absolute atomic E-state index is 0.00739. The van der Waals surface area contributed by atoms with Gasteiger partial charge in [-0.3, -0.25) is 25.0 Å². The van der Waals surface area contributed by atoms with Crippen LogP contribution >= 0.6 is 11.6 Å². The molecule has 0 fully saturated rings. The Bertz CT molecular complexity index is 1420. The molecule has 0 heterocycles. The molecular weight excluding hydrogens is 504 g/mol. The molecule has 0 saturated carbocycles. The van der Waals surface area contributed by atoms with Gasteiger partial charge in [0, 0.05) is 24.3 Å². The number of rotatable bonds is 10. The molecule has 0 aromatic heterocycles. The van der Waals surface area contributed by atoms with E-state index in [1.165, 1.54) is 30.3 Å².